The third-order valence-corrected chi connectivity index (χ3v) is 15.7. The summed E-state index contributed by atoms with van der Waals surface area (Å²) in [5, 5.41) is 3.85. The molecule has 0 unspecified atom stereocenters. The van der Waals surface area contributed by atoms with Crippen molar-refractivity contribution in [3.05, 3.63) is 218 Å². The molecule has 12 rings (SSSR count). The van der Waals surface area contributed by atoms with Gasteiger partial charge >= 0.3 is 6.09 Å². The normalized spacial score (nSPS) is 12.7. The number of imidazole rings is 2. The highest BCUT2D eigenvalue weighted by atomic mass is 79.9. The number of rotatable bonds is 12. The summed E-state index contributed by atoms with van der Waals surface area (Å²) in [4.78, 5) is 66.4. The van der Waals surface area contributed by atoms with E-state index in [0.717, 1.165) is 108 Å². The first-order chi connectivity index (χ1) is 40.9. The molecular formula is C66H66Br3N11O5. The number of anilines is 2. The lowest BCUT2D eigenvalue weighted by molar-refractivity contribution is -0.126. The second kappa shape index (κ2) is 28.5. The monoisotopic (exact) mass is 1330 g/mol. The van der Waals surface area contributed by atoms with Crippen molar-refractivity contribution in [1.82, 2.24) is 44.8 Å². The molecule has 0 saturated heterocycles. The number of Topliss-reactive ketones (excluding diaryl/α,β-unsaturated/α-hetero) is 1. The van der Waals surface area contributed by atoms with Crippen molar-refractivity contribution in [3.8, 4) is 11.3 Å². The SMILES string of the molecule is Brc1ccc2nc(Cc3ccncc3)[nH]c2c1.CC(C)(C)OC(=O)n1c(Cc2ccncc2)nc2cc(Br)ccc21.CNC(=O)[C@@H](CC(=O)c1ccc(-c2ccc3[nH]c(Cc4ccncc4)cc3c2)o1)C1CCCCC1.Nc1ccc(Br)cc1N. The lowest BCUT2D eigenvalue weighted by Gasteiger charge is -2.28. The zero-order valence-corrected chi connectivity index (χ0v) is 52.4. The molecule has 0 spiro atoms. The Morgan fingerprint density at radius 1 is 0.659 bits per heavy atom. The molecule has 11 aromatic rings. The number of benzene rings is 4. The van der Waals surface area contributed by atoms with Crippen molar-refractivity contribution in [2.24, 2.45) is 11.8 Å². The fourth-order valence-electron chi connectivity index (χ4n) is 10.1. The van der Waals surface area contributed by atoms with Gasteiger partial charge in [-0.2, -0.15) is 0 Å². The van der Waals surface area contributed by atoms with Gasteiger partial charge in [0.1, 0.15) is 23.0 Å². The van der Waals surface area contributed by atoms with Crippen molar-refractivity contribution in [2.75, 3.05) is 18.5 Å². The summed E-state index contributed by atoms with van der Waals surface area (Å²) in [6.07, 6.45) is 18.0. The molecule has 0 aliphatic heterocycles. The van der Waals surface area contributed by atoms with Gasteiger partial charge in [0.2, 0.25) is 5.91 Å². The molecule has 1 saturated carbocycles. The summed E-state index contributed by atoms with van der Waals surface area (Å²) in [7, 11) is 1.65. The number of aromatic amines is 2. The number of pyridine rings is 3. The number of ether oxygens (including phenoxy) is 1. The number of fused-ring (bicyclic) bond motifs is 3. The molecular weight excluding hydrogens is 1270 g/mol. The van der Waals surface area contributed by atoms with Crippen LogP contribution in [-0.4, -0.2) is 69.9 Å². The minimum absolute atomic E-state index is 0.0440. The standard InChI is InChI=1S/C29H31N3O3.C18H18BrN3O2.C13H10BrN3.C6H7BrN2/c1-30-29(34)24(20-5-3-2-4-6-20)18-26(33)28-10-9-27(35-28)21-7-8-25-22(16-21)17-23(32-25)15-19-11-13-31-14-12-19;1-18(2,3)24-17(23)22-15-5-4-13(19)11-14(15)21-16(22)10-12-6-8-20-9-7-12;14-10-1-2-11-12(8-10)17-13(16-11)7-9-3-5-15-6-4-9;7-4-1-2-5(8)6(9)3-4/h7-14,16-17,20,24,32H,2-6,15,18H2,1H3,(H,30,34);4-9,11H,10H2,1-3H3;1-6,8H,7H2,(H,16,17);1-3H,8-9H2/t24-;;;/m0.../s1. The summed E-state index contributed by atoms with van der Waals surface area (Å²) < 4.78 is 16.0. The van der Waals surface area contributed by atoms with E-state index >= 15 is 0 Å². The number of carbonyl (C=O) groups is 3. The zero-order valence-electron chi connectivity index (χ0n) is 47.6. The quantitative estimate of drug-likeness (QED) is 0.0567. The Balaban J connectivity index is 0.000000149. The maximum Gasteiger partial charge on any atom is 0.420 e. The molecule has 7 N–H and O–H groups in total. The summed E-state index contributed by atoms with van der Waals surface area (Å²) in [5.41, 5.74) is 21.7. The Morgan fingerprint density at radius 2 is 1.28 bits per heavy atom. The Kier molecular flexibility index (Phi) is 20.6. The van der Waals surface area contributed by atoms with Gasteiger partial charge in [-0.15, -0.1) is 0 Å². The number of H-pyrrole nitrogens is 2. The zero-order chi connectivity index (χ0) is 60.0. The Bertz CT molecular complexity index is 4040. The van der Waals surface area contributed by atoms with Gasteiger partial charge in [0.25, 0.3) is 0 Å². The fourth-order valence-corrected chi connectivity index (χ4v) is 11.2. The number of furan rings is 1. The first kappa shape index (κ1) is 61.3. The van der Waals surface area contributed by atoms with Crippen LogP contribution in [0.15, 0.2) is 182 Å². The van der Waals surface area contributed by atoms with Gasteiger partial charge in [-0.25, -0.2) is 19.3 Å². The minimum atomic E-state index is -0.572. The lowest BCUT2D eigenvalue weighted by Crippen LogP contribution is -2.35. The van der Waals surface area contributed by atoms with Crippen molar-refractivity contribution >= 4 is 110 Å². The average molecular weight is 1330 g/mol. The molecule has 1 amide bonds. The highest BCUT2D eigenvalue weighted by molar-refractivity contribution is 9.11. The summed E-state index contributed by atoms with van der Waals surface area (Å²) in [6.45, 7) is 5.55. The highest BCUT2D eigenvalue weighted by Crippen LogP contribution is 2.34. The topological polar surface area (TPSA) is 239 Å². The molecule has 7 heterocycles. The maximum atomic E-state index is 13.1. The third-order valence-electron chi connectivity index (χ3n) is 14.2. The Morgan fingerprint density at radius 3 is 1.93 bits per heavy atom. The summed E-state index contributed by atoms with van der Waals surface area (Å²) >= 11 is 10.2. The number of nitrogens with one attached hydrogen (secondary N) is 3. The van der Waals surface area contributed by atoms with Crippen LogP contribution in [0.4, 0.5) is 16.2 Å². The van der Waals surface area contributed by atoms with Gasteiger partial charge in [-0.1, -0.05) is 67.1 Å². The van der Waals surface area contributed by atoms with Crippen molar-refractivity contribution in [2.45, 2.75) is 84.2 Å². The van der Waals surface area contributed by atoms with Crippen LogP contribution in [0.25, 0.3) is 44.3 Å². The second-order valence-electron chi connectivity index (χ2n) is 21.7. The molecule has 1 aliphatic carbocycles. The van der Waals surface area contributed by atoms with E-state index < -0.39 is 11.7 Å². The van der Waals surface area contributed by atoms with Gasteiger partial charge in [-0.3, -0.25) is 24.5 Å². The minimum Gasteiger partial charge on any atom is -0.453 e. The number of carbonyl (C=O) groups excluding carboxylic acids is 3. The van der Waals surface area contributed by atoms with Crippen molar-refractivity contribution in [1.29, 1.82) is 0 Å². The van der Waals surface area contributed by atoms with Gasteiger partial charge in [-0.05, 0) is 184 Å². The number of halogens is 3. The number of ketones is 1. The molecule has 16 nitrogen and oxygen atoms in total. The third kappa shape index (κ3) is 17.0. The average Bonchev–Trinajstić information content (AvgIpc) is 4.33. The number of hydrogen-bond acceptors (Lipinski definition) is 12. The first-order valence-electron chi connectivity index (χ1n) is 27.9. The molecule has 0 radical (unpaired) electrons. The van der Waals surface area contributed by atoms with Crippen LogP contribution < -0.4 is 16.8 Å². The molecule has 7 aromatic heterocycles. The Labute approximate surface area is 518 Å². The van der Waals surface area contributed by atoms with Crippen LogP contribution in [0.5, 0.6) is 0 Å². The predicted octanol–water partition coefficient (Wildman–Crippen LogP) is 15.4. The summed E-state index contributed by atoms with van der Waals surface area (Å²) in [5.74, 6) is 2.40. The smallest absolute Gasteiger partial charge is 0.420 e. The largest absolute Gasteiger partial charge is 0.453 e. The molecule has 85 heavy (non-hydrogen) atoms. The van der Waals surface area contributed by atoms with Crippen molar-refractivity contribution in [3.63, 3.8) is 0 Å². The number of nitrogen functional groups attached to an aromatic ring is 2. The van der Waals surface area contributed by atoms with Crippen LogP contribution in [-0.2, 0) is 28.8 Å². The van der Waals surface area contributed by atoms with E-state index in [9.17, 15) is 14.4 Å². The predicted molar refractivity (Wildman–Crippen MR) is 346 cm³/mol. The van der Waals surface area contributed by atoms with E-state index in [1.807, 2.05) is 118 Å². The molecule has 1 fully saturated rings. The van der Waals surface area contributed by atoms with E-state index in [1.54, 1.807) is 67.0 Å². The van der Waals surface area contributed by atoms with Gasteiger partial charge < -0.3 is 35.9 Å². The molecule has 436 valence electrons. The summed E-state index contributed by atoms with van der Waals surface area (Å²) in [6, 6.07) is 40.8. The van der Waals surface area contributed by atoms with Crippen LogP contribution in [0.1, 0.15) is 104 Å². The number of nitrogens with zero attached hydrogens (tertiary/aromatic N) is 6. The Hall–Kier alpha value is -8.26. The van der Waals surface area contributed by atoms with Gasteiger partial charge in [0, 0.05) is 111 Å². The number of aromatic nitrogens is 8. The highest BCUT2D eigenvalue weighted by Gasteiger charge is 2.32. The number of hydrogen-bond donors (Lipinski definition) is 5. The molecule has 1 aliphatic rings. The first-order valence-corrected chi connectivity index (χ1v) is 30.3. The van der Waals surface area contributed by atoms with E-state index in [-0.39, 0.29) is 29.9 Å². The number of amides is 1. The van der Waals surface area contributed by atoms with Crippen LogP contribution in [0.2, 0.25) is 0 Å². The van der Waals surface area contributed by atoms with Crippen LogP contribution in [0.3, 0.4) is 0 Å². The van der Waals surface area contributed by atoms with E-state index in [1.165, 1.54) is 17.5 Å². The lowest BCUT2D eigenvalue weighted by atomic mass is 9.77. The fraction of sp³-hybridized carbons (Fsp3) is 0.242. The van der Waals surface area contributed by atoms with Crippen LogP contribution in [0, 0.1) is 11.8 Å². The molecule has 1 atom stereocenters. The molecule has 0 bridgehead atoms. The second-order valence-corrected chi connectivity index (χ2v) is 24.4. The van der Waals surface area contributed by atoms with Crippen molar-refractivity contribution < 1.29 is 23.5 Å². The van der Waals surface area contributed by atoms with E-state index in [4.69, 9.17) is 20.6 Å². The van der Waals surface area contributed by atoms with Crippen LogP contribution >= 0.6 is 47.8 Å². The van der Waals surface area contributed by atoms with Gasteiger partial charge in [0.15, 0.2) is 11.5 Å². The van der Waals surface area contributed by atoms with E-state index in [0.29, 0.717) is 35.1 Å². The maximum absolute atomic E-state index is 13.1. The van der Waals surface area contributed by atoms with E-state index in [2.05, 4.69) is 100 Å². The van der Waals surface area contributed by atoms with Gasteiger partial charge in [0.05, 0.1) is 33.4 Å². The molecule has 4 aromatic carbocycles. The number of nitrogens with two attached hydrogens (primary N) is 2. The molecule has 19 heteroatoms.